The van der Waals surface area contributed by atoms with Crippen LogP contribution in [-0.2, 0) is 19.1 Å². The third kappa shape index (κ3) is 8.86. The number of carbonyl (C=O) groups excluding carboxylic acids is 1. The summed E-state index contributed by atoms with van der Waals surface area (Å²) in [7, 11) is 1.15. The molecule has 0 aliphatic rings. The van der Waals surface area contributed by atoms with Crippen LogP contribution in [0.15, 0.2) is 0 Å². The number of carboxylic acid groups (broad SMARTS) is 2. The van der Waals surface area contributed by atoms with Crippen LogP contribution < -0.4 is 0 Å². The lowest BCUT2D eigenvalue weighted by Gasteiger charge is -2.29. The molecular weight excluding hydrogens is 328 g/mol. The fraction of sp³-hybridized carbons (Fsp3) is 0.833. The largest absolute Gasteiger partial charge is 0.481 e. The van der Waals surface area contributed by atoms with E-state index in [1.54, 1.807) is 0 Å². The molecule has 0 heterocycles. The normalized spacial score (nSPS) is 14.5. The first kappa shape index (κ1) is 23.4. The summed E-state index contributed by atoms with van der Waals surface area (Å²) in [4.78, 5) is 34.1. The van der Waals surface area contributed by atoms with Gasteiger partial charge in [0.15, 0.2) is 5.60 Å². The van der Waals surface area contributed by atoms with Crippen molar-refractivity contribution in [3.05, 3.63) is 0 Å². The molecule has 0 fully saturated rings. The van der Waals surface area contributed by atoms with Crippen LogP contribution in [0.4, 0.5) is 0 Å². The van der Waals surface area contributed by atoms with Gasteiger partial charge in [0.2, 0.25) is 0 Å². The Balaban J connectivity index is 4.53. The van der Waals surface area contributed by atoms with Crippen molar-refractivity contribution < 1.29 is 34.4 Å². The number of esters is 1. The number of rotatable bonds is 15. The lowest BCUT2D eigenvalue weighted by atomic mass is 9.80. The summed E-state index contributed by atoms with van der Waals surface area (Å²) >= 11 is 0. The van der Waals surface area contributed by atoms with Gasteiger partial charge in [-0.2, -0.15) is 0 Å². The van der Waals surface area contributed by atoms with Crippen molar-refractivity contribution in [2.75, 3.05) is 7.11 Å². The van der Waals surface area contributed by atoms with Crippen molar-refractivity contribution in [2.24, 2.45) is 5.92 Å². The average Bonchev–Trinajstić information content (AvgIpc) is 2.57. The second kappa shape index (κ2) is 12.7. The highest BCUT2D eigenvalue weighted by molar-refractivity contribution is 5.86. The minimum Gasteiger partial charge on any atom is -0.481 e. The molecule has 0 aliphatic carbocycles. The monoisotopic (exact) mass is 360 g/mol. The second-order valence-corrected chi connectivity index (χ2v) is 6.46. The molecule has 0 aromatic carbocycles. The molecule has 0 saturated carbocycles. The molecule has 0 saturated heterocycles. The lowest BCUT2D eigenvalue weighted by molar-refractivity contribution is -0.177. The zero-order valence-electron chi connectivity index (χ0n) is 15.3. The predicted molar refractivity (Wildman–Crippen MR) is 92.2 cm³/mol. The highest BCUT2D eigenvalue weighted by Gasteiger charge is 2.47. The van der Waals surface area contributed by atoms with Crippen molar-refractivity contribution in [2.45, 2.75) is 83.2 Å². The molecule has 2 unspecified atom stereocenters. The van der Waals surface area contributed by atoms with Gasteiger partial charge in [0, 0.05) is 6.42 Å². The molecule has 25 heavy (non-hydrogen) atoms. The number of hydrogen-bond acceptors (Lipinski definition) is 5. The van der Waals surface area contributed by atoms with Gasteiger partial charge in [0.25, 0.3) is 0 Å². The first-order valence-corrected chi connectivity index (χ1v) is 9.05. The van der Waals surface area contributed by atoms with Gasteiger partial charge in [-0.15, -0.1) is 0 Å². The minimum atomic E-state index is -2.47. The fourth-order valence-corrected chi connectivity index (χ4v) is 2.87. The van der Waals surface area contributed by atoms with E-state index in [0.717, 1.165) is 32.8 Å². The zero-order valence-corrected chi connectivity index (χ0v) is 15.3. The third-order valence-electron chi connectivity index (χ3n) is 4.53. The van der Waals surface area contributed by atoms with Crippen LogP contribution >= 0.6 is 0 Å². The molecule has 0 radical (unpaired) electrons. The van der Waals surface area contributed by atoms with E-state index in [4.69, 9.17) is 0 Å². The Morgan fingerprint density at radius 2 is 1.48 bits per heavy atom. The summed E-state index contributed by atoms with van der Waals surface area (Å²) in [6, 6.07) is 0. The lowest BCUT2D eigenvalue weighted by Crippen LogP contribution is -2.49. The highest BCUT2D eigenvalue weighted by atomic mass is 16.5. The van der Waals surface area contributed by atoms with E-state index in [9.17, 15) is 29.7 Å². The third-order valence-corrected chi connectivity index (χ3v) is 4.53. The topological polar surface area (TPSA) is 121 Å². The van der Waals surface area contributed by atoms with Gasteiger partial charge >= 0.3 is 17.9 Å². The van der Waals surface area contributed by atoms with E-state index >= 15 is 0 Å². The van der Waals surface area contributed by atoms with E-state index in [1.807, 2.05) is 0 Å². The van der Waals surface area contributed by atoms with Crippen LogP contribution in [0, 0.1) is 5.92 Å². The van der Waals surface area contributed by atoms with E-state index in [1.165, 1.54) is 19.3 Å². The van der Waals surface area contributed by atoms with Crippen LogP contribution in [0.1, 0.15) is 77.6 Å². The highest BCUT2D eigenvalue weighted by Crippen LogP contribution is 2.29. The predicted octanol–water partition coefficient (Wildman–Crippen LogP) is 2.99. The van der Waals surface area contributed by atoms with Crippen molar-refractivity contribution in [3.63, 3.8) is 0 Å². The Morgan fingerprint density at radius 1 is 0.960 bits per heavy atom. The van der Waals surface area contributed by atoms with Gasteiger partial charge < -0.3 is 20.1 Å². The number of aliphatic carboxylic acids is 2. The van der Waals surface area contributed by atoms with Gasteiger partial charge in [-0.05, 0) is 12.8 Å². The summed E-state index contributed by atoms with van der Waals surface area (Å²) in [5, 5.41) is 29.0. The molecule has 0 spiro atoms. The van der Waals surface area contributed by atoms with E-state index in [0.29, 0.717) is 6.42 Å². The van der Waals surface area contributed by atoms with Crippen LogP contribution in [0.2, 0.25) is 0 Å². The van der Waals surface area contributed by atoms with Crippen molar-refractivity contribution in [3.8, 4) is 0 Å². The summed E-state index contributed by atoms with van der Waals surface area (Å²) < 4.78 is 4.43. The Morgan fingerprint density at radius 3 is 1.92 bits per heavy atom. The zero-order chi connectivity index (χ0) is 19.3. The molecule has 0 bridgehead atoms. The Bertz CT molecular complexity index is 422. The maximum absolute atomic E-state index is 11.5. The molecule has 0 amide bonds. The molecular formula is C18H32O7. The number of ether oxygens (including phenoxy) is 1. The van der Waals surface area contributed by atoms with Gasteiger partial charge in [0.1, 0.15) is 0 Å². The van der Waals surface area contributed by atoms with Gasteiger partial charge in [-0.25, -0.2) is 4.79 Å². The summed E-state index contributed by atoms with van der Waals surface area (Å²) in [6.07, 6.45) is 7.33. The first-order chi connectivity index (χ1) is 11.8. The first-order valence-electron chi connectivity index (χ1n) is 9.05. The van der Waals surface area contributed by atoms with Crippen LogP contribution in [-0.4, -0.2) is 45.9 Å². The fourth-order valence-electron chi connectivity index (χ4n) is 2.87. The van der Waals surface area contributed by atoms with Gasteiger partial charge in [0.05, 0.1) is 13.0 Å². The Kier molecular flexibility index (Phi) is 11.9. The van der Waals surface area contributed by atoms with Crippen molar-refractivity contribution >= 4 is 17.9 Å². The maximum Gasteiger partial charge on any atom is 0.336 e. The molecule has 0 aromatic rings. The summed E-state index contributed by atoms with van der Waals surface area (Å²) in [5.41, 5.74) is -2.47. The number of carboxylic acids is 2. The molecule has 7 heteroatoms. The number of carbonyl (C=O) groups is 3. The van der Waals surface area contributed by atoms with E-state index in [2.05, 4.69) is 11.7 Å². The van der Waals surface area contributed by atoms with Crippen LogP contribution in [0.5, 0.6) is 0 Å². The van der Waals surface area contributed by atoms with Crippen LogP contribution in [0.3, 0.4) is 0 Å². The average molecular weight is 360 g/mol. The van der Waals surface area contributed by atoms with Crippen molar-refractivity contribution in [1.29, 1.82) is 0 Å². The molecule has 146 valence electrons. The SMILES string of the molecule is CCCCCCCCCCC(C(=O)O)C(O)(CCC(=O)OC)C(=O)O. The summed E-state index contributed by atoms with van der Waals surface area (Å²) in [6.45, 7) is 2.15. The van der Waals surface area contributed by atoms with Gasteiger partial charge in [-0.1, -0.05) is 58.3 Å². The number of aliphatic hydroxyl groups is 1. The maximum atomic E-state index is 11.5. The second-order valence-electron chi connectivity index (χ2n) is 6.46. The quantitative estimate of drug-likeness (QED) is 0.303. The molecule has 2 atom stereocenters. The number of hydrogen-bond donors (Lipinski definition) is 3. The smallest absolute Gasteiger partial charge is 0.336 e. The molecule has 7 nitrogen and oxygen atoms in total. The van der Waals surface area contributed by atoms with Crippen molar-refractivity contribution in [1.82, 2.24) is 0 Å². The molecule has 0 aliphatic heterocycles. The molecule has 0 rings (SSSR count). The van der Waals surface area contributed by atoms with Gasteiger partial charge in [-0.3, -0.25) is 9.59 Å². The van der Waals surface area contributed by atoms with E-state index < -0.39 is 35.8 Å². The molecule has 0 aromatic heterocycles. The number of unbranched alkanes of at least 4 members (excludes halogenated alkanes) is 7. The van der Waals surface area contributed by atoms with Crippen LogP contribution in [0.25, 0.3) is 0 Å². The summed E-state index contributed by atoms with van der Waals surface area (Å²) in [5.74, 6) is -5.12. The minimum absolute atomic E-state index is 0.0638. The standard InChI is InChI=1S/C18H32O7/c1-3-4-5-6-7-8-9-10-11-14(16(20)21)18(24,17(22)23)13-12-15(19)25-2/h14,24H,3-13H2,1-2H3,(H,20,21)(H,22,23). The van der Waals surface area contributed by atoms with E-state index in [-0.39, 0.29) is 12.8 Å². The Labute approximate surface area is 149 Å². The number of methoxy groups -OCH3 is 1. The Hall–Kier alpha value is -1.63. The molecule has 3 N–H and O–H groups in total.